The van der Waals surface area contributed by atoms with E-state index >= 15 is 0 Å². The third kappa shape index (κ3) is 4.07. The van der Waals surface area contributed by atoms with Gasteiger partial charge < -0.3 is 5.32 Å². The maximum atomic E-state index is 4.31. The van der Waals surface area contributed by atoms with E-state index in [0.29, 0.717) is 0 Å². The van der Waals surface area contributed by atoms with Crippen LogP contribution in [-0.4, -0.2) is 35.6 Å². The molecule has 1 aromatic rings. The molecule has 3 nitrogen and oxygen atoms in total. The molecule has 2 heterocycles. The molecule has 1 aliphatic rings. The molecule has 1 N–H and O–H groups in total. The molecule has 0 aromatic carbocycles. The average Bonchev–Trinajstić information content (AvgIpc) is 2.40. The molecule has 1 fully saturated rings. The Bertz CT molecular complexity index is 339. The van der Waals surface area contributed by atoms with Gasteiger partial charge in [0.2, 0.25) is 0 Å². The molecule has 0 bridgehead atoms. The van der Waals surface area contributed by atoms with Gasteiger partial charge in [-0.3, -0.25) is 9.88 Å². The summed E-state index contributed by atoms with van der Waals surface area (Å²) in [5.74, 6) is 0.858. The Morgan fingerprint density at radius 3 is 3.00 bits per heavy atom. The summed E-state index contributed by atoms with van der Waals surface area (Å²) in [7, 11) is 0. The zero-order chi connectivity index (χ0) is 12.8. The summed E-state index contributed by atoms with van der Waals surface area (Å²) >= 11 is 0. The summed E-state index contributed by atoms with van der Waals surface area (Å²) in [5.41, 5.74) is 1.12. The van der Waals surface area contributed by atoms with Crippen molar-refractivity contribution in [1.29, 1.82) is 0 Å². The van der Waals surface area contributed by atoms with E-state index in [1.165, 1.54) is 19.4 Å². The topological polar surface area (TPSA) is 28.2 Å². The fourth-order valence-electron chi connectivity index (χ4n) is 2.63. The van der Waals surface area contributed by atoms with Gasteiger partial charge in [-0.1, -0.05) is 13.0 Å². The van der Waals surface area contributed by atoms with E-state index in [1.54, 1.807) is 0 Å². The van der Waals surface area contributed by atoms with Crippen LogP contribution in [0.5, 0.6) is 0 Å². The maximum absolute atomic E-state index is 4.31. The molecule has 2 atom stereocenters. The zero-order valence-electron chi connectivity index (χ0n) is 11.6. The van der Waals surface area contributed by atoms with Crippen LogP contribution in [0.4, 0.5) is 0 Å². The van der Waals surface area contributed by atoms with Gasteiger partial charge in [0.25, 0.3) is 0 Å². The highest BCUT2D eigenvalue weighted by atomic mass is 15.2. The van der Waals surface area contributed by atoms with Gasteiger partial charge in [0, 0.05) is 38.4 Å². The number of rotatable bonds is 5. The van der Waals surface area contributed by atoms with Crippen molar-refractivity contribution in [2.24, 2.45) is 5.92 Å². The second-order valence-corrected chi connectivity index (χ2v) is 5.52. The molecule has 2 unspecified atom stereocenters. The number of nitrogens with one attached hydrogen (secondary N) is 1. The molecular formula is C15H25N3. The molecule has 18 heavy (non-hydrogen) atoms. The third-order valence-electron chi connectivity index (χ3n) is 3.85. The van der Waals surface area contributed by atoms with Crippen LogP contribution in [0.15, 0.2) is 24.4 Å². The van der Waals surface area contributed by atoms with Gasteiger partial charge >= 0.3 is 0 Å². The lowest BCUT2D eigenvalue weighted by Crippen LogP contribution is -2.44. The largest absolute Gasteiger partial charge is 0.310 e. The molecule has 0 radical (unpaired) electrons. The predicted octanol–water partition coefficient (Wildman–Crippen LogP) is 2.29. The van der Waals surface area contributed by atoms with Crippen molar-refractivity contribution in [2.75, 3.05) is 19.6 Å². The second-order valence-electron chi connectivity index (χ2n) is 5.52. The van der Waals surface area contributed by atoms with Crippen molar-refractivity contribution in [2.45, 2.75) is 39.3 Å². The Morgan fingerprint density at radius 1 is 1.33 bits per heavy atom. The highest BCUT2D eigenvalue weighted by Gasteiger charge is 2.21. The van der Waals surface area contributed by atoms with E-state index in [9.17, 15) is 0 Å². The van der Waals surface area contributed by atoms with Gasteiger partial charge in [0.05, 0.1) is 5.69 Å². The molecule has 2 rings (SSSR count). The molecule has 1 aliphatic heterocycles. The first-order chi connectivity index (χ1) is 8.75. The number of hydrogen-bond acceptors (Lipinski definition) is 3. The first kappa shape index (κ1) is 13.5. The van der Waals surface area contributed by atoms with Crippen molar-refractivity contribution in [1.82, 2.24) is 15.2 Å². The van der Waals surface area contributed by atoms with Crippen molar-refractivity contribution >= 4 is 0 Å². The van der Waals surface area contributed by atoms with Crippen LogP contribution in [0.2, 0.25) is 0 Å². The Morgan fingerprint density at radius 2 is 2.22 bits per heavy atom. The number of likely N-dealkylation sites (tertiary alicyclic amines) is 1. The van der Waals surface area contributed by atoms with Crippen molar-refractivity contribution < 1.29 is 0 Å². The molecule has 1 aromatic heterocycles. The minimum Gasteiger partial charge on any atom is -0.310 e. The standard InChI is InChI=1S/C15H25N3/c1-13-6-7-14(2)18(12-13)10-9-16-11-15-5-3-4-8-17-15/h3-5,8,13-14,16H,6-7,9-12H2,1-2H3. The quantitative estimate of drug-likeness (QED) is 0.809. The second kappa shape index (κ2) is 6.86. The van der Waals surface area contributed by atoms with Crippen LogP contribution in [-0.2, 0) is 6.54 Å². The van der Waals surface area contributed by atoms with Gasteiger partial charge in [-0.15, -0.1) is 0 Å². The highest BCUT2D eigenvalue weighted by Crippen LogP contribution is 2.20. The summed E-state index contributed by atoms with van der Waals surface area (Å²) in [6, 6.07) is 6.81. The lowest BCUT2D eigenvalue weighted by atomic mass is 9.95. The van der Waals surface area contributed by atoms with Crippen molar-refractivity contribution in [3.63, 3.8) is 0 Å². The van der Waals surface area contributed by atoms with Crippen LogP contribution >= 0.6 is 0 Å². The Labute approximate surface area is 111 Å². The summed E-state index contributed by atoms with van der Waals surface area (Å²) in [5, 5.41) is 3.48. The van der Waals surface area contributed by atoms with E-state index in [2.05, 4.69) is 35.1 Å². The first-order valence-corrected chi connectivity index (χ1v) is 7.10. The van der Waals surface area contributed by atoms with E-state index < -0.39 is 0 Å². The van der Waals surface area contributed by atoms with Crippen LogP contribution in [0.25, 0.3) is 0 Å². The third-order valence-corrected chi connectivity index (χ3v) is 3.85. The molecular weight excluding hydrogens is 222 g/mol. The maximum Gasteiger partial charge on any atom is 0.0541 e. The van der Waals surface area contributed by atoms with Gasteiger partial charge in [-0.25, -0.2) is 0 Å². The van der Waals surface area contributed by atoms with Crippen LogP contribution in [0, 0.1) is 5.92 Å². The molecule has 1 saturated heterocycles. The summed E-state index contributed by atoms with van der Waals surface area (Å²) in [4.78, 5) is 6.92. The SMILES string of the molecule is CC1CCC(C)N(CCNCc2ccccn2)C1. The minimum absolute atomic E-state index is 0.748. The Kier molecular flexibility index (Phi) is 5.14. The minimum atomic E-state index is 0.748. The van der Waals surface area contributed by atoms with Crippen LogP contribution in [0.1, 0.15) is 32.4 Å². The van der Waals surface area contributed by atoms with Gasteiger partial charge in [0.1, 0.15) is 0 Å². The Hall–Kier alpha value is -0.930. The summed E-state index contributed by atoms with van der Waals surface area (Å²) < 4.78 is 0. The van der Waals surface area contributed by atoms with Crippen molar-refractivity contribution in [3.05, 3.63) is 30.1 Å². The molecule has 0 saturated carbocycles. The number of hydrogen-bond donors (Lipinski definition) is 1. The fraction of sp³-hybridized carbons (Fsp3) is 0.667. The number of pyridine rings is 1. The molecule has 0 aliphatic carbocycles. The predicted molar refractivity (Wildman–Crippen MR) is 75.4 cm³/mol. The zero-order valence-corrected chi connectivity index (χ0v) is 11.6. The monoisotopic (exact) mass is 247 g/mol. The molecule has 100 valence electrons. The van der Waals surface area contributed by atoms with Crippen molar-refractivity contribution in [3.8, 4) is 0 Å². The Balaban J connectivity index is 1.66. The number of piperidine rings is 1. The number of aromatic nitrogens is 1. The van der Waals surface area contributed by atoms with E-state index in [0.717, 1.165) is 37.3 Å². The summed E-state index contributed by atoms with van der Waals surface area (Å²) in [6.07, 6.45) is 4.59. The van der Waals surface area contributed by atoms with E-state index in [-0.39, 0.29) is 0 Å². The lowest BCUT2D eigenvalue weighted by Gasteiger charge is -2.36. The number of nitrogens with zero attached hydrogens (tertiary/aromatic N) is 2. The van der Waals surface area contributed by atoms with Gasteiger partial charge in [-0.05, 0) is 37.8 Å². The smallest absolute Gasteiger partial charge is 0.0541 e. The molecule has 0 amide bonds. The normalized spacial score (nSPS) is 25.2. The molecule has 0 spiro atoms. The average molecular weight is 247 g/mol. The lowest BCUT2D eigenvalue weighted by molar-refractivity contribution is 0.126. The van der Waals surface area contributed by atoms with Crippen LogP contribution in [0.3, 0.4) is 0 Å². The van der Waals surface area contributed by atoms with E-state index in [4.69, 9.17) is 0 Å². The highest BCUT2D eigenvalue weighted by molar-refractivity contribution is 5.02. The van der Waals surface area contributed by atoms with E-state index in [1.807, 2.05) is 18.3 Å². The van der Waals surface area contributed by atoms with Gasteiger partial charge in [0.15, 0.2) is 0 Å². The van der Waals surface area contributed by atoms with Crippen LogP contribution < -0.4 is 5.32 Å². The summed E-state index contributed by atoms with van der Waals surface area (Å²) in [6.45, 7) is 9.04. The molecule has 3 heteroatoms. The van der Waals surface area contributed by atoms with Gasteiger partial charge in [-0.2, -0.15) is 0 Å². The fourth-order valence-corrected chi connectivity index (χ4v) is 2.63. The first-order valence-electron chi connectivity index (χ1n) is 7.10.